The van der Waals surface area contributed by atoms with Gasteiger partial charge in [0.1, 0.15) is 6.17 Å². The van der Waals surface area contributed by atoms with E-state index in [1.54, 1.807) is 52.4 Å². The number of nitrogens with one attached hydrogen (secondary N) is 1. The van der Waals surface area contributed by atoms with Crippen LogP contribution >= 0.6 is 11.3 Å². The monoisotopic (exact) mass is 478 g/mol. The van der Waals surface area contributed by atoms with Crippen molar-refractivity contribution in [2.45, 2.75) is 19.5 Å². The number of aromatic nitrogens is 1. The Labute approximate surface area is 199 Å². The first kappa shape index (κ1) is 21.9. The van der Waals surface area contributed by atoms with Crippen molar-refractivity contribution >= 4 is 39.9 Å². The van der Waals surface area contributed by atoms with Crippen LogP contribution in [0.25, 0.3) is 0 Å². The third-order valence-corrected chi connectivity index (χ3v) is 6.76. The molecule has 3 heterocycles. The standard InChI is InChI=1S/C24H22N4O5S/c1-13-12-25-24(34-13)26-18(29)10-11-27-21-15-8-9-17(32-2)20(33-3)19(15)23(31)28(21)16-7-5-4-6-14(16)22(27)30/h4-9,12,21H,10-11H2,1-3H3,(H,25,26,29). The van der Waals surface area contributed by atoms with E-state index in [0.29, 0.717) is 39.0 Å². The summed E-state index contributed by atoms with van der Waals surface area (Å²) in [5.41, 5.74) is 1.91. The Morgan fingerprint density at radius 2 is 1.91 bits per heavy atom. The summed E-state index contributed by atoms with van der Waals surface area (Å²) in [4.78, 5) is 48.0. The third-order valence-electron chi connectivity index (χ3n) is 5.93. The maximum Gasteiger partial charge on any atom is 0.264 e. The largest absolute Gasteiger partial charge is 0.493 e. The highest BCUT2D eigenvalue weighted by atomic mass is 32.1. The van der Waals surface area contributed by atoms with Gasteiger partial charge in [0.25, 0.3) is 11.8 Å². The van der Waals surface area contributed by atoms with E-state index in [1.807, 2.05) is 6.92 Å². The molecule has 3 aromatic rings. The molecule has 0 spiro atoms. The quantitative estimate of drug-likeness (QED) is 0.581. The summed E-state index contributed by atoms with van der Waals surface area (Å²) in [5.74, 6) is -0.0436. The number of benzene rings is 2. The predicted octanol–water partition coefficient (Wildman–Crippen LogP) is 3.61. The van der Waals surface area contributed by atoms with Gasteiger partial charge in [-0.05, 0) is 25.1 Å². The van der Waals surface area contributed by atoms with Crippen molar-refractivity contribution in [3.8, 4) is 11.5 Å². The van der Waals surface area contributed by atoms with E-state index in [2.05, 4.69) is 10.3 Å². The van der Waals surface area contributed by atoms with Gasteiger partial charge in [-0.25, -0.2) is 4.98 Å². The maximum absolute atomic E-state index is 13.6. The van der Waals surface area contributed by atoms with Crippen molar-refractivity contribution in [1.82, 2.24) is 9.88 Å². The maximum atomic E-state index is 13.6. The number of rotatable bonds is 6. The van der Waals surface area contributed by atoms with Gasteiger partial charge in [0.15, 0.2) is 16.6 Å². The second-order valence-corrected chi connectivity index (χ2v) is 9.14. The number of carbonyl (C=O) groups excluding carboxylic acids is 3. The summed E-state index contributed by atoms with van der Waals surface area (Å²) in [5, 5.41) is 3.28. The third kappa shape index (κ3) is 3.38. The Morgan fingerprint density at radius 1 is 1.12 bits per heavy atom. The fourth-order valence-corrected chi connectivity index (χ4v) is 5.15. The molecule has 1 atom stereocenters. The highest BCUT2D eigenvalue weighted by molar-refractivity contribution is 7.15. The van der Waals surface area contributed by atoms with E-state index in [-0.39, 0.29) is 30.7 Å². The smallest absolute Gasteiger partial charge is 0.264 e. The lowest BCUT2D eigenvalue weighted by Crippen LogP contribution is -2.49. The van der Waals surface area contributed by atoms with Crippen LogP contribution in [0.2, 0.25) is 0 Å². The average molecular weight is 479 g/mol. The van der Waals surface area contributed by atoms with Crippen LogP contribution in [0.3, 0.4) is 0 Å². The highest BCUT2D eigenvalue weighted by Gasteiger charge is 2.49. The molecular weight excluding hydrogens is 456 g/mol. The summed E-state index contributed by atoms with van der Waals surface area (Å²) in [6.45, 7) is 2.02. The first-order valence-corrected chi connectivity index (χ1v) is 11.5. The van der Waals surface area contributed by atoms with Crippen molar-refractivity contribution in [1.29, 1.82) is 0 Å². The summed E-state index contributed by atoms with van der Waals surface area (Å²) in [6, 6.07) is 10.5. The summed E-state index contributed by atoms with van der Waals surface area (Å²) in [7, 11) is 2.98. The lowest BCUT2D eigenvalue weighted by atomic mass is 10.0. The Hall–Kier alpha value is -3.92. The van der Waals surface area contributed by atoms with E-state index in [4.69, 9.17) is 9.47 Å². The fourth-order valence-electron chi connectivity index (χ4n) is 4.47. The van der Waals surface area contributed by atoms with Gasteiger partial charge < -0.3 is 19.7 Å². The summed E-state index contributed by atoms with van der Waals surface area (Å²) < 4.78 is 10.9. The van der Waals surface area contributed by atoms with Crippen molar-refractivity contribution in [2.24, 2.45) is 0 Å². The first-order valence-electron chi connectivity index (χ1n) is 10.6. The molecule has 34 heavy (non-hydrogen) atoms. The number of fused-ring (bicyclic) bond motifs is 5. The fraction of sp³-hybridized carbons (Fsp3) is 0.250. The number of para-hydroxylation sites is 1. The van der Waals surface area contributed by atoms with Gasteiger partial charge >= 0.3 is 0 Å². The van der Waals surface area contributed by atoms with Crippen LogP contribution in [0, 0.1) is 6.92 Å². The van der Waals surface area contributed by atoms with E-state index in [9.17, 15) is 14.4 Å². The number of hydrogen-bond acceptors (Lipinski definition) is 7. The van der Waals surface area contributed by atoms with Crippen LogP contribution in [-0.2, 0) is 4.79 Å². The molecule has 2 aromatic carbocycles. The second-order valence-electron chi connectivity index (χ2n) is 7.90. The molecule has 2 aliphatic heterocycles. The zero-order valence-electron chi connectivity index (χ0n) is 18.8. The van der Waals surface area contributed by atoms with Crippen LogP contribution in [0.1, 0.15) is 43.7 Å². The van der Waals surface area contributed by atoms with Crippen molar-refractivity contribution in [2.75, 3.05) is 31.0 Å². The summed E-state index contributed by atoms with van der Waals surface area (Å²) >= 11 is 1.38. The molecule has 2 aliphatic rings. The molecule has 1 N–H and O–H groups in total. The molecule has 0 saturated heterocycles. The van der Waals surface area contributed by atoms with Gasteiger partial charge in [0.05, 0.1) is 31.0 Å². The van der Waals surface area contributed by atoms with Gasteiger partial charge in [0, 0.05) is 29.6 Å². The van der Waals surface area contributed by atoms with Gasteiger partial charge in [-0.3, -0.25) is 19.3 Å². The number of aryl methyl sites for hydroxylation is 1. The van der Waals surface area contributed by atoms with Gasteiger partial charge in [-0.1, -0.05) is 18.2 Å². The number of anilines is 2. The van der Waals surface area contributed by atoms with Crippen LogP contribution in [-0.4, -0.2) is 48.4 Å². The minimum Gasteiger partial charge on any atom is -0.493 e. The Balaban J connectivity index is 1.52. The molecule has 10 heteroatoms. The van der Waals surface area contributed by atoms with Crippen LogP contribution in [0.4, 0.5) is 10.8 Å². The highest BCUT2D eigenvalue weighted by Crippen LogP contribution is 2.49. The molecule has 9 nitrogen and oxygen atoms in total. The van der Waals surface area contributed by atoms with Crippen molar-refractivity contribution < 1.29 is 23.9 Å². The molecular formula is C24H22N4O5S. The molecule has 0 bridgehead atoms. The average Bonchev–Trinajstić information content (AvgIpc) is 3.38. The number of thiazole rings is 1. The number of methoxy groups -OCH3 is 2. The number of amides is 3. The number of nitrogens with zero attached hydrogens (tertiary/aromatic N) is 3. The van der Waals surface area contributed by atoms with E-state index in [0.717, 1.165) is 4.88 Å². The van der Waals surface area contributed by atoms with Crippen LogP contribution in [0.5, 0.6) is 11.5 Å². The molecule has 1 unspecified atom stereocenters. The molecule has 0 aliphatic carbocycles. The van der Waals surface area contributed by atoms with Gasteiger partial charge in [-0.15, -0.1) is 11.3 Å². The topological polar surface area (TPSA) is 101 Å². The molecule has 0 radical (unpaired) electrons. The molecule has 5 rings (SSSR count). The Morgan fingerprint density at radius 3 is 2.62 bits per heavy atom. The molecule has 1 aromatic heterocycles. The van der Waals surface area contributed by atoms with Crippen molar-refractivity contribution in [3.05, 3.63) is 64.2 Å². The number of ether oxygens (including phenoxy) is 2. The second kappa shape index (κ2) is 8.45. The van der Waals surface area contributed by atoms with Gasteiger partial charge in [0.2, 0.25) is 5.91 Å². The summed E-state index contributed by atoms with van der Waals surface area (Å²) in [6.07, 6.45) is 1.04. The zero-order chi connectivity index (χ0) is 24.0. The molecule has 3 amide bonds. The zero-order valence-corrected chi connectivity index (χ0v) is 19.6. The molecule has 174 valence electrons. The predicted molar refractivity (Wildman–Crippen MR) is 127 cm³/mol. The molecule has 0 saturated carbocycles. The van der Waals surface area contributed by atoms with Crippen LogP contribution < -0.4 is 19.7 Å². The lowest BCUT2D eigenvalue weighted by Gasteiger charge is -2.40. The number of hydrogen-bond donors (Lipinski definition) is 1. The first-order chi connectivity index (χ1) is 16.4. The van der Waals surface area contributed by atoms with E-state index >= 15 is 0 Å². The van der Waals surface area contributed by atoms with E-state index in [1.165, 1.54) is 25.6 Å². The Bertz CT molecular complexity index is 1320. The van der Waals surface area contributed by atoms with Crippen LogP contribution in [0.15, 0.2) is 42.6 Å². The number of carbonyl (C=O) groups is 3. The minimum absolute atomic E-state index is 0.0493. The molecule has 0 fully saturated rings. The normalized spacial score (nSPS) is 16.1. The SMILES string of the molecule is COc1ccc2c(c1OC)C(=O)N1c3ccccc3C(=O)N(CCC(=O)Nc3ncc(C)s3)C21. The lowest BCUT2D eigenvalue weighted by molar-refractivity contribution is -0.116. The van der Waals surface area contributed by atoms with Crippen molar-refractivity contribution in [3.63, 3.8) is 0 Å². The van der Waals surface area contributed by atoms with E-state index < -0.39 is 6.17 Å². The van der Waals surface area contributed by atoms with Gasteiger partial charge in [-0.2, -0.15) is 0 Å². The Kier molecular flexibility index (Phi) is 5.45. The minimum atomic E-state index is -0.695.